The van der Waals surface area contributed by atoms with Crippen LogP contribution < -0.4 is 5.32 Å². The fourth-order valence-corrected chi connectivity index (χ4v) is 2.98. The van der Waals surface area contributed by atoms with Crippen LogP contribution in [0.15, 0.2) is 24.4 Å². The maximum atomic E-state index is 12.2. The van der Waals surface area contributed by atoms with Gasteiger partial charge in [-0.1, -0.05) is 13.8 Å². The van der Waals surface area contributed by atoms with E-state index in [9.17, 15) is 9.90 Å². The van der Waals surface area contributed by atoms with Gasteiger partial charge in [0.05, 0.1) is 11.7 Å². The normalized spacial score (nSPS) is 17.7. The number of aromatic nitrogens is 2. The molecule has 1 aromatic heterocycles. The van der Waals surface area contributed by atoms with Crippen LogP contribution in [0.4, 0.5) is 5.69 Å². The molecule has 1 aliphatic heterocycles. The van der Waals surface area contributed by atoms with Crippen molar-refractivity contribution in [1.29, 1.82) is 0 Å². The lowest BCUT2D eigenvalue weighted by Crippen LogP contribution is -2.47. The van der Waals surface area contributed by atoms with Gasteiger partial charge in [0.2, 0.25) is 0 Å². The Labute approximate surface area is 135 Å². The van der Waals surface area contributed by atoms with E-state index in [0.29, 0.717) is 19.1 Å². The summed E-state index contributed by atoms with van der Waals surface area (Å²) in [6, 6.07) is 6.49. The maximum absolute atomic E-state index is 12.2. The molecule has 23 heavy (non-hydrogen) atoms. The first kappa shape index (κ1) is 15.8. The first-order chi connectivity index (χ1) is 11.0. The zero-order chi connectivity index (χ0) is 16.4. The van der Waals surface area contributed by atoms with Crippen molar-refractivity contribution in [3.63, 3.8) is 0 Å². The monoisotopic (exact) mass is 316 g/mol. The molecule has 2 heterocycles. The number of carbonyl (C=O) groups is 1. The van der Waals surface area contributed by atoms with E-state index in [2.05, 4.69) is 21.6 Å². The van der Waals surface area contributed by atoms with Gasteiger partial charge in [-0.25, -0.2) is 0 Å². The van der Waals surface area contributed by atoms with E-state index >= 15 is 0 Å². The molecule has 0 unspecified atom stereocenters. The summed E-state index contributed by atoms with van der Waals surface area (Å²) < 4.78 is 0. The van der Waals surface area contributed by atoms with E-state index in [1.807, 2.05) is 32.2 Å². The number of nitrogens with zero attached hydrogens (tertiary/aromatic N) is 2. The van der Waals surface area contributed by atoms with Crippen molar-refractivity contribution in [1.82, 2.24) is 15.1 Å². The van der Waals surface area contributed by atoms with Gasteiger partial charge in [0.15, 0.2) is 0 Å². The second-order valence-electron chi connectivity index (χ2n) is 6.60. The molecule has 0 radical (unpaired) electrons. The second-order valence-corrected chi connectivity index (χ2v) is 6.60. The Kier molecular flexibility index (Phi) is 4.52. The van der Waals surface area contributed by atoms with Crippen molar-refractivity contribution in [3.05, 3.63) is 24.4 Å². The summed E-state index contributed by atoms with van der Waals surface area (Å²) in [4.78, 5) is 13.9. The molecular weight excluding hydrogens is 292 g/mol. The Morgan fingerprint density at radius 1 is 1.39 bits per heavy atom. The predicted molar refractivity (Wildman–Crippen MR) is 90.2 cm³/mol. The number of rotatable bonds is 4. The number of aliphatic hydroxyl groups is 1. The number of amides is 1. The quantitative estimate of drug-likeness (QED) is 0.805. The standard InChI is InChI=1S/C17H24N4O2/c1-11(2)16(22)17(23)21-7-5-13(6-8-21)19-14-3-4-15-12(9-14)10-18-20-15/h3-4,9-11,13,16,19,22H,5-8H2,1-2H3,(H,18,20)/t16-/m0/s1. The lowest BCUT2D eigenvalue weighted by molar-refractivity contribution is -0.143. The van der Waals surface area contributed by atoms with Gasteiger partial charge in [0.1, 0.15) is 6.10 Å². The van der Waals surface area contributed by atoms with Crippen molar-refractivity contribution >= 4 is 22.5 Å². The van der Waals surface area contributed by atoms with E-state index in [1.54, 1.807) is 4.90 Å². The maximum Gasteiger partial charge on any atom is 0.251 e. The molecule has 6 nitrogen and oxygen atoms in total. The fraction of sp³-hybridized carbons (Fsp3) is 0.529. The van der Waals surface area contributed by atoms with E-state index in [1.165, 1.54) is 0 Å². The number of piperidine rings is 1. The van der Waals surface area contributed by atoms with Crippen LogP contribution in [0, 0.1) is 5.92 Å². The third-order valence-electron chi connectivity index (χ3n) is 4.50. The molecule has 1 fully saturated rings. The highest BCUT2D eigenvalue weighted by molar-refractivity contribution is 5.82. The van der Waals surface area contributed by atoms with Crippen molar-refractivity contribution in [2.45, 2.75) is 38.8 Å². The third-order valence-corrected chi connectivity index (χ3v) is 4.50. The molecule has 2 aromatic rings. The molecule has 0 aliphatic carbocycles. The molecule has 1 aromatic carbocycles. The van der Waals surface area contributed by atoms with Crippen molar-refractivity contribution in [2.75, 3.05) is 18.4 Å². The first-order valence-electron chi connectivity index (χ1n) is 8.21. The Hall–Kier alpha value is -2.08. The van der Waals surface area contributed by atoms with Gasteiger partial charge < -0.3 is 15.3 Å². The van der Waals surface area contributed by atoms with Gasteiger partial charge in [-0.15, -0.1) is 0 Å². The first-order valence-corrected chi connectivity index (χ1v) is 8.21. The number of benzene rings is 1. The Balaban J connectivity index is 1.55. The minimum absolute atomic E-state index is 0.0416. The molecule has 6 heteroatoms. The fourth-order valence-electron chi connectivity index (χ4n) is 2.98. The van der Waals surface area contributed by atoms with Crippen LogP contribution in [0.2, 0.25) is 0 Å². The Morgan fingerprint density at radius 3 is 2.83 bits per heavy atom. The van der Waals surface area contributed by atoms with Gasteiger partial charge >= 0.3 is 0 Å². The van der Waals surface area contributed by atoms with Gasteiger partial charge in [-0.2, -0.15) is 5.10 Å². The SMILES string of the molecule is CC(C)[C@H](O)C(=O)N1CCC(Nc2ccc3[nH]ncc3c2)CC1. The molecule has 1 atom stereocenters. The summed E-state index contributed by atoms with van der Waals surface area (Å²) in [5, 5.41) is 21.5. The van der Waals surface area contributed by atoms with E-state index in [-0.39, 0.29) is 11.8 Å². The smallest absolute Gasteiger partial charge is 0.251 e. The van der Waals surface area contributed by atoms with Gasteiger partial charge in [-0.3, -0.25) is 9.89 Å². The highest BCUT2D eigenvalue weighted by Crippen LogP contribution is 2.21. The van der Waals surface area contributed by atoms with Gasteiger partial charge in [0.25, 0.3) is 5.91 Å². The number of aromatic amines is 1. The molecule has 0 spiro atoms. The van der Waals surface area contributed by atoms with Crippen LogP contribution >= 0.6 is 0 Å². The summed E-state index contributed by atoms with van der Waals surface area (Å²) in [5.74, 6) is -0.182. The summed E-state index contributed by atoms with van der Waals surface area (Å²) in [7, 11) is 0. The molecule has 3 rings (SSSR count). The summed E-state index contributed by atoms with van der Waals surface area (Å²) in [6.07, 6.45) is 2.71. The highest BCUT2D eigenvalue weighted by Gasteiger charge is 2.28. The summed E-state index contributed by atoms with van der Waals surface area (Å²) >= 11 is 0. The van der Waals surface area contributed by atoms with Crippen LogP contribution in [-0.2, 0) is 4.79 Å². The van der Waals surface area contributed by atoms with E-state index in [4.69, 9.17) is 0 Å². The van der Waals surface area contributed by atoms with E-state index < -0.39 is 6.10 Å². The average molecular weight is 316 g/mol. The van der Waals surface area contributed by atoms with Crippen LogP contribution in [-0.4, -0.2) is 51.3 Å². The topological polar surface area (TPSA) is 81.2 Å². The molecule has 1 aliphatic rings. The van der Waals surface area contributed by atoms with Crippen molar-refractivity contribution < 1.29 is 9.90 Å². The predicted octanol–water partition coefficient (Wildman–Crippen LogP) is 1.98. The number of nitrogens with one attached hydrogen (secondary N) is 2. The van der Waals surface area contributed by atoms with Gasteiger partial charge in [-0.05, 0) is 37.0 Å². The zero-order valence-electron chi connectivity index (χ0n) is 13.6. The van der Waals surface area contributed by atoms with Crippen LogP contribution in [0.25, 0.3) is 10.9 Å². The van der Waals surface area contributed by atoms with Crippen molar-refractivity contribution in [3.8, 4) is 0 Å². The lowest BCUT2D eigenvalue weighted by atomic mass is 10.0. The molecule has 1 amide bonds. The number of H-pyrrole nitrogens is 1. The molecule has 0 bridgehead atoms. The molecule has 0 saturated carbocycles. The minimum atomic E-state index is -0.886. The third kappa shape index (κ3) is 3.47. The Bertz CT molecular complexity index is 674. The van der Waals surface area contributed by atoms with Crippen LogP contribution in [0.5, 0.6) is 0 Å². The molecule has 124 valence electrons. The number of aliphatic hydroxyl groups excluding tert-OH is 1. The number of likely N-dealkylation sites (tertiary alicyclic amines) is 1. The lowest BCUT2D eigenvalue weighted by Gasteiger charge is -2.34. The second kappa shape index (κ2) is 6.58. The number of fused-ring (bicyclic) bond motifs is 1. The number of hydrogen-bond donors (Lipinski definition) is 3. The molecule has 3 N–H and O–H groups in total. The van der Waals surface area contributed by atoms with E-state index in [0.717, 1.165) is 29.4 Å². The molecule has 1 saturated heterocycles. The number of anilines is 1. The van der Waals surface area contributed by atoms with Gasteiger partial charge in [0, 0.05) is 30.2 Å². The van der Waals surface area contributed by atoms with Crippen LogP contribution in [0.3, 0.4) is 0 Å². The minimum Gasteiger partial charge on any atom is -0.383 e. The van der Waals surface area contributed by atoms with Crippen LogP contribution in [0.1, 0.15) is 26.7 Å². The largest absolute Gasteiger partial charge is 0.383 e. The molecular formula is C17H24N4O2. The number of hydrogen-bond acceptors (Lipinski definition) is 4. The average Bonchev–Trinajstić information content (AvgIpc) is 3.01. The van der Waals surface area contributed by atoms with Crippen molar-refractivity contribution in [2.24, 2.45) is 5.92 Å². The number of carbonyl (C=O) groups excluding carboxylic acids is 1. The zero-order valence-corrected chi connectivity index (χ0v) is 13.6. The Morgan fingerprint density at radius 2 is 2.13 bits per heavy atom. The summed E-state index contributed by atoms with van der Waals surface area (Å²) in [6.45, 7) is 5.11. The highest BCUT2D eigenvalue weighted by atomic mass is 16.3. The summed E-state index contributed by atoms with van der Waals surface area (Å²) in [5.41, 5.74) is 2.10.